The van der Waals surface area contributed by atoms with Gasteiger partial charge in [-0.15, -0.1) is 11.8 Å². The lowest BCUT2D eigenvalue weighted by Gasteiger charge is -2.26. The zero-order valence-corrected chi connectivity index (χ0v) is 20.0. The van der Waals surface area contributed by atoms with Gasteiger partial charge >= 0.3 is 6.18 Å². The predicted molar refractivity (Wildman–Crippen MR) is 129 cm³/mol. The Morgan fingerprint density at radius 1 is 1.17 bits per heavy atom. The van der Waals surface area contributed by atoms with Gasteiger partial charge in [0.15, 0.2) is 0 Å². The molecule has 5 rings (SSSR count). The summed E-state index contributed by atoms with van der Waals surface area (Å²) in [7, 11) is 0. The lowest BCUT2D eigenvalue weighted by Crippen LogP contribution is -2.43. The minimum Gasteiger partial charge on any atom is -0.367 e. The smallest absolute Gasteiger partial charge is 0.367 e. The summed E-state index contributed by atoms with van der Waals surface area (Å²) >= 11 is 7.70. The fourth-order valence-electron chi connectivity index (χ4n) is 5.07. The molecule has 0 spiro atoms. The Hall–Kier alpha value is -2.56. The maximum atomic E-state index is 13.4. The molecular formula is C24H22ClF3N4O2S. The highest BCUT2D eigenvalue weighted by Gasteiger charge is 2.62. The Balaban J connectivity index is 1.28. The molecule has 6 nitrogen and oxygen atoms in total. The number of nitrogens with zero attached hydrogens (tertiary/aromatic N) is 3. The van der Waals surface area contributed by atoms with E-state index in [0.29, 0.717) is 6.20 Å². The van der Waals surface area contributed by atoms with Gasteiger partial charge in [-0.3, -0.25) is 19.4 Å². The molecule has 1 aromatic heterocycles. The van der Waals surface area contributed by atoms with Crippen LogP contribution in [0, 0.1) is 11.8 Å². The minimum atomic E-state index is -4.54. The van der Waals surface area contributed by atoms with E-state index in [-0.39, 0.29) is 47.8 Å². The van der Waals surface area contributed by atoms with Gasteiger partial charge in [0.05, 0.1) is 22.4 Å². The Morgan fingerprint density at radius 3 is 2.63 bits per heavy atom. The molecular weight excluding hydrogens is 501 g/mol. The van der Waals surface area contributed by atoms with Crippen molar-refractivity contribution in [2.45, 2.75) is 18.3 Å². The number of amides is 2. The van der Waals surface area contributed by atoms with E-state index in [4.69, 9.17) is 11.6 Å². The van der Waals surface area contributed by atoms with Crippen molar-refractivity contribution in [2.24, 2.45) is 11.8 Å². The number of halogens is 4. The average Bonchev–Trinajstić information content (AvgIpc) is 3.47. The van der Waals surface area contributed by atoms with Crippen molar-refractivity contribution in [1.29, 1.82) is 0 Å². The first-order valence-corrected chi connectivity index (χ1v) is 12.7. The van der Waals surface area contributed by atoms with Crippen LogP contribution in [0.2, 0.25) is 5.02 Å². The summed E-state index contributed by atoms with van der Waals surface area (Å²) in [5.41, 5.74) is 0.0810. The van der Waals surface area contributed by atoms with E-state index in [1.165, 1.54) is 4.90 Å². The lowest BCUT2D eigenvalue weighted by atomic mass is 9.89. The molecule has 0 saturated carbocycles. The fourth-order valence-corrected chi connectivity index (χ4v) is 6.62. The average molecular weight is 523 g/mol. The van der Waals surface area contributed by atoms with Crippen LogP contribution in [0.4, 0.5) is 19.0 Å². The second-order valence-electron chi connectivity index (χ2n) is 8.70. The van der Waals surface area contributed by atoms with Crippen LogP contribution in [0.1, 0.15) is 11.1 Å². The van der Waals surface area contributed by atoms with Crippen molar-refractivity contribution in [2.75, 3.05) is 30.0 Å². The van der Waals surface area contributed by atoms with E-state index in [1.807, 2.05) is 42.5 Å². The van der Waals surface area contributed by atoms with Gasteiger partial charge in [0.25, 0.3) is 0 Å². The number of alkyl halides is 3. The number of rotatable bonds is 6. The van der Waals surface area contributed by atoms with Crippen molar-refractivity contribution in [1.82, 2.24) is 14.8 Å². The number of likely N-dealkylation sites (tertiary alicyclic amines) is 1. The standard InChI is InChI=1S/C24H22ClF3N4O2S/c25-16-10-15(24(26,27)28)11-30-21(16)29-8-9-31-22(33)19-17(7-6-14-4-2-1-3-5-14)32-13-35-12-18(32)20(19)23(31)34/h1-7,10-11,17-20H,8-9,12-13H2,(H,29,30)/b7-6+/t17-,18+,19+,20+/m0/s1. The summed E-state index contributed by atoms with van der Waals surface area (Å²) in [4.78, 5) is 33.9. The number of carbonyl (C=O) groups excluding carboxylic acids is 2. The van der Waals surface area contributed by atoms with Gasteiger partial charge in [-0.05, 0) is 11.6 Å². The number of thioether (sulfide) groups is 1. The van der Waals surface area contributed by atoms with Crippen LogP contribution in [-0.2, 0) is 15.8 Å². The molecule has 0 aliphatic carbocycles. The third kappa shape index (κ3) is 4.54. The summed E-state index contributed by atoms with van der Waals surface area (Å²) in [6.45, 7) is 0.210. The van der Waals surface area contributed by atoms with Crippen LogP contribution in [0.25, 0.3) is 6.08 Å². The number of benzene rings is 1. The van der Waals surface area contributed by atoms with Crippen LogP contribution in [0.3, 0.4) is 0 Å². The van der Waals surface area contributed by atoms with Gasteiger partial charge in [0, 0.05) is 43.0 Å². The Morgan fingerprint density at radius 2 is 1.91 bits per heavy atom. The largest absolute Gasteiger partial charge is 0.417 e. The van der Waals surface area contributed by atoms with Crippen molar-refractivity contribution in [3.05, 3.63) is 64.8 Å². The van der Waals surface area contributed by atoms with Crippen molar-refractivity contribution in [3.8, 4) is 0 Å². The molecule has 3 saturated heterocycles. The first kappa shape index (κ1) is 24.1. The highest BCUT2D eigenvalue weighted by atomic mass is 35.5. The lowest BCUT2D eigenvalue weighted by molar-refractivity contribution is -0.141. The van der Waals surface area contributed by atoms with Gasteiger partial charge in [0.2, 0.25) is 11.8 Å². The van der Waals surface area contributed by atoms with Crippen molar-refractivity contribution in [3.63, 3.8) is 0 Å². The molecule has 1 N–H and O–H groups in total. The van der Waals surface area contributed by atoms with E-state index in [9.17, 15) is 22.8 Å². The van der Waals surface area contributed by atoms with Crippen LogP contribution < -0.4 is 5.32 Å². The molecule has 4 heterocycles. The maximum absolute atomic E-state index is 13.4. The van der Waals surface area contributed by atoms with Gasteiger partial charge in [-0.1, -0.05) is 54.1 Å². The first-order valence-electron chi connectivity index (χ1n) is 11.1. The molecule has 2 amide bonds. The number of fused-ring (bicyclic) bond motifs is 3. The SMILES string of the molecule is O=C1[C@H]2[C@H](C(=O)N1CCNc1ncc(C(F)(F)F)cc1Cl)[C@H](/C=C/c1ccccc1)N1CSC[C@H]21. The Kier molecular flexibility index (Phi) is 6.54. The summed E-state index contributed by atoms with van der Waals surface area (Å²) in [6.07, 6.45) is 0.172. The fraction of sp³-hybridized carbons (Fsp3) is 0.375. The molecule has 0 unspecified atom stereocenters. The Labute approximate surface area is 209 Å². The molecule has 3 fully saturated rings. The molecule has 35 heavy (non-hydrogen) atoms. The zero-order valence-electron chi connectivity index (χ0n) is 18.4. The van der Waals surface area contributed by atoms with Crippen LogP contribution in [0.5, 0.6) is 0 Å². The molecule has 4 atom stereocenters. The topological polar surface area (TPSA) is 65.5 Å². The van der Waals surface area contributed by atoms with E-state index < -0.39 is 23.6 Å². The van der Waals surface area contributed by atoms with Gasteiger partial charge < -0.3 is 5.32 Å². The van der Waals surface area contributed by atoms with E-state index in [1.54, 1.807) is 11.8 Å². The molecule has 0 bridgehead atoms. The van der Waals surface area contributed by atoms with Crippen molar-refractivity contribution < 1.29 is 22.8 Å². The molecule has 3 aliphatic heterocycles. The normalized spacial score (nSPS) is 26.6. The number of carbonyl (C=O) groups is 2. The molecule has 1 aromatic carbocycles. The molecule has 184 valence electrons. The summed E-state index contributed by atoms with van der Waals surface area (Å²) in [5.74, 6) is 0.406. The predicted octanol–water partition coefficient (Wildman–Crippen LogP) is 4.24. The third-order valence-electron chi connectivity index (χ3n) is 6.69. The van der Waals surface area contributed by atoms with Gasteiger partial charge in [-0.2, -0.15) is 13.2 Å². The summed E-state index contributed by atoms with van der Waals surface area (Å²) < 4.78 is 38.5. The van der Waals surface area contributed by atoms with Crippen LogP contribution >= 0.6 is 23.4 Å². The second kappa shape index (κ2) is 9.48. The maximum Gasteiger partial charge on any atom is 0.417 e. The summed E-state index contributed by atoms with van der Waals surface area (Å²) in [5, 5.41) is 2.66. The number of nitrogens with one attached hydrogen (secondary N) is 1. The zero-order chi connectivity index (χ0) is 24.7. The van der Waals surface area contributed by atoms with Crippen LogP contribution in [-0.4, -0.2) is 63.4 Å². The summed E-state index contributed by atoms with van der Waals surface area (Å²) in [6, 6.07) is 10.4. The minimum absolute atomic E-state index is 0.0101. The number of hydrogen-bond donors (Lipinski definition) is 1. The number of imide groups is 1. The quantitative estimate of drug-likeness (QED) is 0.573. The highest BCUT2D eigenvalue weighted by Crippen LogP contribution is 2.47. The second-order valence-corrected chi connectivity index (χ2v) is 10.1. The van der Waals surface area contributed by atoms with E-state index in [2.05, 4.69) is 15.2 Å². The van der Waals surface area contributed by atoms with Crippen molar-refractivity contribution >= 4 is 47.1 Å². The highest BCUT2D eigenvalue weighted by molar-refractivity contribution is 7.99. The van der Waals surface area contributed by atoms with E-state index >= 15 is 0 Å². The Bertz CT molecular complexity index is 1160. The monoisotopic (exact) mass is 522 g/mol. The molecule has 3 aliphatic rings. The third-order valence-corrected chi connectivity index (χ3v) is 8.04. The number of hydrogen-bond acceptors (Lipinski definition) is 6. The van der Waals surface area contributed by atoms with Gasteiger partial charge in [0.1, 0.15) is 5.82 Å². The van der Waals surface area contributed by atoms with Gasteiger partial charge in [-0.25, -0.2) is 4.98 Å². The molecule has 11 heteroatoms. The van der Waals surface area contributed by atoms with Crippen LogP contribution in [0.15, 0.2) is 48.7 Å². The molecule has 2 aromatic rings. The first-order chi connectivity index (χ1) is 16.8. The molecule has 0 radical (unpaired) electrons. The van der Waals surface area contributed by atoms with E-state index in [0.717, 1.165) is 23.3 Å². The number of pyridine rings is 1. The number of aromatic nitrogens is 1. The number of anilines is 1.